The highest BCUT2D eigenvalue weighted by Crippen LogP contribution is 2.26. The van der Waals surface area contributed by atoms with Gasteiger partial charge in [0.15, 0.2) is 0 Å². The molecule has 0 aliphatic carbocycles. The second-order valence-electron chi connectivity index (χ2n) is 3.41. The van der Waals surface area contributed by atoms with Crippen molar-refractivity contribution in [3.05, 3.63) is 0 Å². The number of piperidine rings is 1. The molecule has 0 spiro atoms. The lowest BCUT2D eigenvalue weighted by Gasteiger charge is -2.37. The minimum atomic E-state index is -0.259. The lowest BCUT2D eigenvalue weighted by Crippen LogP contribution is -2.53. The fourth-order valence-electron chi connectivity index (χ4n) is 1.55. The third kappa shape index (κ3) is 2.11. The highest BCUT2D eigenvalue weighted by Gasteiger charge is 2.38. The third-order valence-corrected chi connectivity index (χ3v) is 2.86. The van der Waals surface area contributed by atoms with Crippen LogP contribution in [0.4, 0.5) is 0 Å². The molecule has 1 fully saturated rings. The van der Waals surface area contributed by atoms with Crippen LogP contribution < -0.4 is 0 Å². The standard InChI is InChI=1S/C8H15ClNO2/c1-7(11)12-10(2)6-4-3-5-8(10)9/h8H,3-6H2,1-2H3/q+1. The molecule has 1 saturated heterocycles. The Hall–Kier alpha value is -0.280. The molecule has 0 saturated carbocycles. The van der Waals surface area contributed by atoms with Crippen molar-refractivity contribution in [2.45, 2.75) is 31.7 Å². The van der Waals surface area contributed by atoms with Gasteiger partial charge in [-0.05, 0) is 6.42 Å². The van der Waals surface area contributed by atoms with Crippen LogP contribution in [0.2, 0.25) is 0 Å². The van der Waals surface area contributed by atoms with Gasteiger partial charge < -0.3 is 0 Å². The molecule has 1 aliphatic heterocycles. The van der Waals surface area contributed by atoms with E-state index in [-0.39, 0.29) is 16.1 Å². The van der Waals surface area contributed by atoms with Crippen molar-refractivity contribution in [3.8, 4) is 0 Å². The van der Waals surface area contributed by atoms with Gasteiger partial charge in [0.2, 0.25) is 5.50 Å². The van der Waals surface area contributed by atoms with Gasteiger partial charge in [-0.3, -0.25) is 4.84 Å². The summed E-state index contributed by atoms with van der Waals surface area (Å²) in [6.45, 7) is 2.25. The zero-order chi connectivity index (χ0) is 9.19. The van der Waals surface area contributed by atoms with E-state index < -0.39 is 0 Å². The smallest absolute Gasteiger partial charge is 0.276 e. The summed E-state index contributed by atoms with van der Waals surface area (Å²) in [7, 11) is 1.86. The number of carbonyl (C=O) groups excluding carboxylic acids is 1. The predicted molar refractivity (Wildman–Crippen MR) is 46.3 cm³/mol. The molecule has 1 rings (SSSR count). The van der Waals surface area contributed by atoms with E-state index in [4.69, 9.17) is 16.4 Å². The van der Waals surface area contributed by atoms with Crippen molar-refractivity contribution in [1.82, 2.24) is 0 Å². The average molecular weight is 193 g/mol. The van der Waals surface area contributed by atoms with Gasteiger partial charge in [-0.1, -0.05) is 11.6 Å². The van der Waals surface area contributed by atoms with E-state index >= 15 is 0 Å². The van der Waals surface area contributed by atoms with Gasteiger partial charge in [-0.15, -0.1) is 4.65 Å². The molecule has 2 unspecified atom stereocenters. The van der Waals surface area contributed by atoms with Crippen molar-refractivity contribution >= 4 is 17.6 Å². The van der Waals surface area contributed by atoms with Gasteiger partial charge >= 0.3 is 5.97 Å². The summed E-state index contributed by atoms with van der Waals surface area (Å²) in [6.07, 6.45) is 3.13. The molecule has 1 heterocycles. The Bertz CT molecular complexity index is 186. The number of likely N-dealkylation sites (tertiary alicyclic amines) is 1. The van der Waals surface area contributed by atoms with Crippen LogP contribution in [-0.4, -0.2) is 29.7 Å². The number of carbonyl (C=O) groups is 1. The van der Waals surface area contributed by atoms with Crippen molar-refractivity contribution < 1.29 is 14.3 Å². The first-order valence-electron chi connectivity index (χ1n) is 4.24. The number of halogens is 1. The first-order chi connectivity index (χ1) is 5.54. The van der Waals surface area contributed by atoms with Crippen LogP contribution in [0, 0.1) is 0 Å². The Balaban J connectivity index is 2.59. The SMILES string of the molecule is CC(=O)O[N+]1(C)CCCCC1Cl. The molecule has 4 heteroatoms. The largest absolute Gasteiger partial charge is 0.363 e. The van der Waals surface area contributed by atoms with Gasteiger partial charge in [-0.2, -0.15) is 0 Å². The van der Waals surface area contributed by atoms with E-state index in [0.717, 1.165) is 25.8 Å². The Morgan fingerprint density at radius 1 is 1.58 bits per heavy atom. The molecular formula is C8H15ClNO2+. The van der Waals surface area contributed by atoms with E-state index in [1.807, 2.05) is 7.05 Å². The van der Waals surface area contributed by atoms with Crippen LogP contribution in [0.5, 0.6) is 0 Å². The number of nitrogens with zero attached hydrogens (tertiary/aromatic N) is 1. The summed E-state index contributed by atoms with van der Waals surface area (Å²) in [4.78, 5) is 15.9. The molecule has 12 heavy (non-hydrogen) atoms. The van der Waals surface area contributed by atoms with Crippen molar-refractivity contribution in [1.29, 1.82) is 0 Å². The summed E-state index contributed by atoms with van der Waals surface area (Å²) in [5.74, 6) is -0.259. The molecule has 0 amide bonds. The van der Waals surface area contributed by atoms with Crippen LogP contribution in [0.1, 0.15) is 26.2 Å². The van der Waals surface area contributed by atoms with E-state index in [1.54, 1.807) is 0 Å². The topological polar surface area (TPSA) is 26.3 Å². The fraction of sp³-hybridized carbons (Fsp3) is 0.875. The van der Waals surface area contributed by atoms with Crippen LogP contribution in [0.25, 0.3) is 0 Å². The van der Waals surface area contributed by atoms with Gasteiger partial charge in [-0.25, -0.2) is 4.79 Å². The van der Waals surface area contributed by atoms with E-state index in [0.29, 0.717) is 0 Å². The lowest BCUT2D eigenvalue weighted by molar-refractivity contribution is -1.09. The van der Waals surface area contributed by atoms with Crippen molar-refractivity contribution in [3.63, 3.8) is 0 Å². The molecule has 2 atom stereocenters. The summed E-state index contributed by atoms with van der Waals surface area (Å²) in [5, 5.41) is 0. The lowest BCUT2D eigenvalue weighted by atomic mass is 10.1. The second-order valence-corrected chi connectivity index (χ2v) is 3.91. The zero-order valence-corrected chi connectivity index (χ0v) is 8.30. The summed E-state index contributed by atoms with van der Waals surface area (Å²) < 4.78 is 0.233. The normalized spacial score (nSPS) is 36.1. The average Bonchev–Trinajstić information content (AvgIpc) is 1.94. The number of hydrogen-bond donors (Lipinski definition) is 0. The number of rotatable bonds is 1. The monoisotopic (exact) mass is 192 g/mol. The first kappa shape index (κ1) is 9.81. The highest BCUT2D eigenvalue weighted by molar-refractivity contribution is 6.19. The van der Waals surface area contributed by atoms with E-state index in [9.17, 15) is 4.79 Å². The molecular weight excluding hydrogens is 178 g/mol. The summed E-state index contributed by atoms with van der Waals surface area (Å²) in [5.41, 5.74) is -0.0809. The highest BCUT2D eigenvalue weighted by atomic mass is 35.5. The van der Waals surface area contributed by atoms with Crippen LogP contribution in [0.15, 0.2) is 0 Å². The van der Waals surface area contributed by atoms with Crippen LogP contribution in [-0.2, 0) is 9.63 Å². The van der Waals surface area contributed by atoms with Crippen molar-refractivity contribution in [2.75, 3.05) is 13.6 Å². The molecule has 70 valence electrons. The number of hydroxylamine groups is 3. The Morgan fingerprint density at radius 3 is 2.75 bits per heavy atom. The number of quaternary nitrogens is 1. The van der Waals surface area contributed by atoms with Gasteiger partial charge in [0.1, 0.15) is 13.6 Å². The number of alkyl halides is 1. The Kier molecular flexibility index (Phi) is 2.96. The van der Waals surface area contributed by atoms with Gasteiger partial charge in [0, 0.05) is 19.8 Å². The molecule has 3 nitrogen and oxygen atoms in total. The van der Waals surface area contributed by atoms with Crippen LogP contribution >= 0.6 is 11.6 Å². The Morgan fingerprint density at radius 2 is 2.25 bits per heavy atom. The van der Waals surface area contributed by atoms with E-state index in [2.05, 4.69) is 0 Å². The fourth-order valence-corrected chi connectivity index (χ4v) is 1.84. The molecule has 0 N–H and O–H groups in total. The minimum absolute atomic E-state index is 0.0809. The quantitative estimate of drug-likeness (QED) is 0.359. The maximum atomic E-state index is 10.8. The summed E-state index contributed by atoms with van der Waals surface area (Å²) in [6, 6.07) is 0. The zero-order valence-electron chi connectivity index (χ0n) is 7.55. The maximum Gasteiger partial charge on any atom is 0.363 e. The third-order valence-electron chi connectivity index (χ3n) is 2.22. The molecule has 1 aliphatic rings. The van der Waals surface area contributed by atoms with Gasteiger partial charge in [0.05, 0.1) is 0 Å². The maximum absolute atomic E-state index is 10.8. The molecule has 0 aromatic heterocycles. The van der Waals surface area contributed by atoms with E-state index in [1.165, 1.54) is 6.92 Å². The first-order valence-corrected chi connectivity index (χ1v) is 4.68. The molecule has 0 radical (unpaired) electrons. The van der Waals surface area contributed by atoms with Gasteiger partial charge in [0.25, 0.3) is 0 Å². The van der Waals surface area contributed by atoms with Crippen molar-refractivity contribution in [2.24, 2.45) is 0 Å². The summed E-state index contributed by atoms with van der Waals surface area (Å²) >= 11 is 6.06. The number of hydrogen-bond acceptors (Lipinski definition) is 2. The minimum Gasteiger partial charge on any atom is -0.276 e. The molecule has 0 bridgehead atoms. The molecule has 0 aromatic rings. The predicted octanol–water partition coefficient (Wildman–Crippen LogP) is 1.66. The second kappa shape index (κ2) is 3.62. The molecule has 0 aromatic carbocycles. The Labute approximate surface area is 77.8 Å². The van der Waals surface area contributed by atoms with Crippen LogP contribution in [0.3, 0.4) is 0 Å².